The number of hydrogen-bond acceptors (Lipinski definition) is 6. The third-order valence-corrected chi connectivity index (χ3v) is 5.32. The predicted molar refractivity (Wildman–Crippen MR) is 116 cm³/mol. The normalized spacial score (nSPS) is 12.0. The molecule has 3 rings (SSSR count). The van der Waals surface area contributed by atoms with E-state index in [0.717, 1.165) is 16.7 Å². The molecule has 1 aromatic heterocycles. The molecule has 0 aliphatic rings. The molecule has 0 saturated carbocycles. The molecule has 1 heterocycles. The molecule has 30 heavy (non-hydrogen) atoms. The average Bonchev–Trinajstić information content (AvgIpc) is 3.25. The van der Waals surface area contributed by atoms with E-state index in [2.05, 4.69) is 5.16 Å². The molecule has 7 heteroatoms. The van der Waals surface area contributed by atoms with Crippen LogP contribution in [0.2, 0.25) is 0 Å². The van der Waals surface area contributed by atoms with Crippen molar-refractivity contribution in [2.45, 2.75) is 32.5 Å². The van der Waals surface area contributed by atoms with Crippen molar-refractivity contribution in [2.75, 3.05) is 0 Å². The van der Waals surface area contributed by atoms with Gasteiger partial charge in [-0.05, 0) is 59.0 Å². The van der Waals surface area contributed by atoms with Crippen molar-refractivity contribution in [3.05, 3.63) is 81.5 Å². The van der Waals surface area contributed by atoms with Crippen molar-refractivity contribution in [3.8, 4) is 11.5 Å². The first-order valence-electron chi connectivity index (χ1n) is 9.46. The second-order valence-corrected chi connectivity index (χ2v) is 7.54. The molecule has 1 atom stereocenters. The van der Waals surface area contributed by atoms with Crippen LogP contribution in [0.25, 0.3) is 0 Å². The van der Waals surface area contributed by atoms with Gasteiger partial charge in [-0.1, -0.05) is 29.4 Å². The lowest BCUT2D eigenvalue weighted by molar-refractivity contribution is -0.137. The standard InChI is InChI=1S/C23H23NO5S/c1-16-4-2-3-5-20(16)21(8-9-23(25)26)29-22-12-19(7-6-18(22)13-24-27)28-14-17-10-11-30-15-17/h2-7,10-13,15,21,27H,8-9,14H2,1H3,(H,25,26)/b24-13-. The maximum Gasteiger partial charge on any atom is 0.303 e. The quantitative estimate of drug-likeness (QED) is 0.257. The zero-order valence-electron chi connectivity index (χ0n) is 16.5. The third kappa shape index (κ3) is 5.84. The van der Waals surface area contributed by atoms with Gasteiger partial charge in [-0.2, -0.15) is 11.3 Å². The summed E-state index contributed by atoms with van der Waals surface area (Å²) in [6, 6.07) is 15.0. The monoisotopic (exact) mass is 425 g/mol. The van der Waals surface area contributed by atoms with Gasteiger partial charge >= 0.3 is 5.97 Å². The second-order valence-electron chi connectivity index (χ2n) is 6.76. The largest absolute Gasteiger partial charge is 0.489 e. The Morgan fingerprint density at radius 2 is 2.07 bits per heavy atom. The summed E-state index contributed by atoms with van der Waals surface area (Å²) in [5.41, 5.74) is 3.56. The fourth-order valence-corrected chi connectivity index (χ4v) is 3.70. The van der Waals surface area contributed by atoms with Gasteiger partial charge in [0.2, 0.25) is 0 Å². The molecule has 0 amide bonds. The van der Waals surface area contributed by atoms with Crippen LogP contribution in [0.15, 0.2) is 64.4 Å². The number of carboxylic acid groups (broad SMARTS) is 1. The molecule has 0 saturated heterocycles. The SMILES string of the molecule is Cc1ccccc1C(CCC(=O)O)Oc1cc(OCc2ccsc2)ccc1/C=N\O. The van der Waals surface area contributed by atoms with Crippen molar-refractivity contribution in [2.24, 2.45) is 5.16 Å². The van der Waals surface area contributed by atoms with Gasteiger partial charge in [0.1, 0.15) is 24.2 Å². The highest BCUT2D eigenvalue weighted by atomic mass is 32.1. The van der Waals surface area contributed by atoms with E-state index in [1.165, 1.54) is 6.21 Å². The minimum atomic E-state index is -0.887. The van der Waals surface area contributed by atoms with Gasteiger partial charge in [0.05, 0.1) is 6.21 Å². The number of nitrogens with zero attached hydrogens (tertiary/aromatic N) is 1. The number of aryl methyl sites for hydroxylation is 1. The average molecular weight is 426 g/mol. The molecule has 0 fully saturated rings. The van der Waals surface area contributed by atoms with Crippen molar-refractivity contribution >= 4 is 23.5 Å². The summed E-state index contributed by atoms with van der Waals surface area (Å²) < 4.78 is 12.1. The number of aliphatic carboxylic acids is 1. The first-order chi connectivity index (χ1) is 14.6. The Kier molecular flexibility index (Phi) is 7.45. The van der Waals surface area contributed by atoms with E-state index in [-0.39, 0.29) is 6.42 Å². The fourth-order valence-electron chi connectivity index (χ4n) is 3.05. The third-order valence-electron chi connectivity index (χ3n) is 4.59. The van der Waals surface area contributed by atoms with E-state index in [0.29, 0.717) is 30.1 Å². The molecule has 0 radical (unpaired) electrons. The van der Waals surface area contributed by atoms with Crippen LogP contribution >= 0.6 is 11.3 Å². The highest BCUT2D eigenvalue weighted by Crippen LogP contribution is 2.32. The van der Waals surface area contributed by atoms with E-state index >= 15 is 0 Å². The fraction of sp³-hybridized carbons (Fsp3) is 0.217. The van der Waals surface area contributed by atoms with Gasteiger partial charge in [0.25, 0.3) is 0 Å². The van der Waals surface area contributed by atoms with E-state index < -0.39 is 12.1 Å². The Morgan fingerprint density at radius 3 is 2.77 bits per heavy atom. The van der Waals surface area contributed by atoms with Crippen LogP contribution in [0.5, 0.6) is 11.5 Å². The molecule has 3 aromatic rings. The summed E-state index contributed by atoms with van der Waals surface area (Å²) >= 11 is 1.60. The summed E-state index contributed by atoms with van der Waals surface area (Å²) in [5.74, 6) is 0.171. The molecule has 0 aliphatic heterocycles. The summed E-state index contributed by atoms with van der Waals surface area (Å²) in [6.07, 6.45) is 1.08. The maximum absolute atomic E-state index is 11.2. The zero-order chi connectivity index (χ0) is 21.3. The second kappa shape index (κ2) is 10.5. The van der Waals surface area contributed by atoms with Gasteiger partial charge in [0.15, 0.2) is 0 Å². The number of benzene rings is 2. The van der Waals surface area contributed by atoms with Crippen LogP contribution < -0.4 is 9.47 Å². The minimum Gasteiger partial charge on any atom is -0.489 e. The van der Waals surface area contributed by atoms with Gasteiger partial charge in [0, 0.05) is 18.1 Å². The summed E-state index contributed by atoms with van der Waals surface area (Å²) in [7, 11) is 0. The van der Waals surface area contributed by atoms with E-state index in [9.17, 15) is 4.79 Å². The topological polar surface area (TPSA) is 88.4 Å². The van der Waals surface area contributed by atoms with E-state index in [4.69, 9.17) is 19.8 Å². The Bertz CT molecular complexity index is 1000. The maximum atomic E-state index is 11.2. The number of ether oxygens (including phenoxy) is 2. The van der Waals surface area contributed by atoms with Crippen LogP contribution in [-0.4, -0.2) is 22.5 Å². The highest BCUT2D eigenvalue weighted by Gasteiger charge is 2.19. The Balaban J connectivity index is 1.87. The summed E-state index contributed by atoms with van der Waals surface area (Å²) in [5, 5.41) is 25.3. The van der Waals surface area contributed by atoms with Crippen molar-refractivity contribution < 1.29 is 24.6 Å². The molecule has 6 nitrogen and oxygen atoms in total. The number of hydrogen-bond donors (Lipinski definition) is 2. The summed E-state index contributed by atoms with van der Waals surface area (Å²) in [6.45, 7) is 2.39. The highest BCUT2D eigenvalue weighted by molar-refractivity contribution is 7.07. The Labute approximate surface area is 179 Å². The van der Waals surface area contributed by atoms with Crippen LogP contribution in [-0.2, 0) is 11.4 Å². The number of oxime groups is 1. The number of carbonyl (C=O) groups is 1. The van der Waals surface area contributed by atoms with Crippen molar-refractivity contribution in [3.63, 3.8) is 0 Å². The predicted octanol–water partition coefficient (Wildman–Crippen LogP) is 5.43. The smallest absolute Gasteiger partial charge is 0.303 e. The summed E-state index contributed by atoms with van der Waals surface area (Å²) in [4.78, 5) is 11.2. The van der Waals surface area contributed by atoms with Crippen LogP contribution in [0.4, 0.5) is 0 Å². The zero-order valence-corrected chi connectivity index (χ0v) is 17.3. The van der Waals surface area contributed by atoms with Crippen LogP contribution in [0.1, 0.15) is 41.2 Å². The van der Waals surface area contributed by atoms with E-state index in [1.807, 2.05) is 48.0 Å². The van der Waals surface area contributed by atoms with Crippen LogP contribution in [0, 0.1) is 6.92 Å². The Hall–Kier alpha value is -3.32. The van der Waals surface area contributed by atoms with Crippen molar-refractivity contribution in [1.29, 1.82) is 0 Å². The van der Waals surface area contributed by atoms with Gasteiger partial charge in [-0.25, -0.2) is 0 Å². The van der Waals surface area contributed by atoms with Crippen LogP contribution in [0.3, 0.4) is 0 Å². The molecular weight excluding hydrogens is 402 g/mol. The lowest BCUT2D eigenvalue weighted by Gasteiger charge is -2.22. The number of carboxylic acids is 1. The number of rotatable bonds is 10. The molecule has 0 bridgehead atoms. The van der Waals surface area contributed by atoms with Gasteiger partial charge in [-0.15, -0.1) is 0 Å². The van der Waals surface area contributed by atoms with Gasteiger partial charge < -0.3 is 19.8 Å². The minimum absolute atomic E-state index is 0.0310. The van der Waals surface area contributed by atoms with Gasteiger partial charge in [-0.3, -0.25) is 4.79 Å². The molecule has 0 aliphatic carbocycles. The molecule has 2 N–H and O–H groups in total. The van der Waals surface area contributed by atoms with E-state index in [1.54, 1.807) is 29.5 Å². The lowest BCUT2D eigenvalue weighted by Crippen LogP contribution is -2.12. The molecular formula is C23H23NO5S. The van der Waals surface area contributed by atoms with Crippen molar-refractivity contribution in [1.82, 2.24) is 0 Å². The molecule has 2 aromatic carbocycles. The Morgan fingerprint density at radius 1 is 1.23 bits per heavy atom. The number of thiophene rings is 1. The molecule has 156 valence electrons. The molecule has 1 unspecified atom stereocenters. The molecule has 0 spiro atoms. The lowest BCUT2D eigenvalue weighted by atomic mass is 9.99. The first kappa shape index (κ1) is 21.4. The first-order valence-corrected chi connectivity index (χ1v) is 10.4.